The van der Waals surface area contributed by atoms with Crippen molar-refractivity contribution >= 4 is 23.4 Å². The van der Waals surface area contributed by atoms with Gasteiger partial charge >= 0.3 is 0 Å². The van der Waals surface area contributed by atoms with Crippen molar-refractivity contribution in [1.29, 1.82) is 0 Å². The summed E-state index contributed by atoms with van der Waals surface area (Å²) in [5.41, 5.74) is 3.00. The van der Waals surface area contributed by atoms with Gasteiger partial charge < -0.3 is 20.0 Å². The smallest absolute Gasteiger partial charge is 0.253 e. The van der Waals surface area contributed by atoms with Crippen LogP contribution in [0.5, 0.6) is 0 Å². The van der Waals surface area contributed by atoms with E-state index in [4.69, 9.17) is 0 Å². The number of carbonyl (C=O) groups excluding carboxylic acids is 3. The van der Waals surface area contributed by atoms with Gasteiger partial charge in [0.1, 0.15) is 12.1 Å². The largest absolute Gasteiger partial charge is 0.352 e. The van der Waals surface area contributed by atoms with E-state index in [2.05, 4.69) is 10.2 Å². The Morgan fingerprint density at radius 3 is 2.03 bits per heavy atom. The number of nitrogens with one attached hydrogen (secondary N) is 1. The number of hydrogen-bond acceptors (Lipinski definition) is 4. The molecule has 0 radical (unpaired) electrons. The Bertz CT molecular complexity index is 1280. The molecule has 0 atom stereocenters. The molecule has 196 valence electrons. The van der Waals surface area contributed by atoms with Gasteiger partial charge in [0.05, 0.1) is 6.67 Å². The van der Waals surface area contributed by atoms with Crippen LogP contribution in [0.1, 0.15) is 37.0 Å². The van der Waals surface area contributed by atoms with Crippen LogP contribution in [0.2, 0.25) is 0 Å². The van der Waals surface area contributed by atoms with E-state index in [0.717, 1.165) is 16.8 Å². The summed E-state index contributed by atoms with van der Waals surface area (Å²) in [5, 5.41) is 2.89. The van der Waals surface area contributed by atoms with E-state index in [1.807, 2.05) is 104 Å². The predicted octanol–water partition coefficient (Wildman–Crippen LogP) is 4.16. The summed E-state index contributed by atoms with van der Waals surface area (Å²) in [7, 11) is 0. The molecule has 38 heavy (non-hydrogen) atoms. The molecule has 7 nitrogen and oxygen atoms in total. The van der Waals surface area contributed by atoms with Crippen LogP contribution < -0.4 is 10.2 Å². The third kappa shape index (κ3) is 5.01. The molecular weight excluding hydrogens is 476 g/mol. The van der Waals surface area contributed by atoms with Crippen LogP contribution >= 0.6 is 0 Å². The van der Waals surface area contributed by atoms with Crippen molar-refractivity contribution in [3.63, 3.8) is 0 Å². The quantitative estimate of drug-likeness (QED) is 0.541. The molecular formula is C31H34N4O3. The number of amides is 3. The average Bonchev–Trinajstić information content (AvgIpc) is 3.19. The first-order chi connectivity index (χ1) is 18.4. The van der Waals surface area contributed by atoms with E-state index in [1.165, 1.54) is 0 Å². The van der Waals surface area contributed by atoms with Gasteiger partial charge in [0.2, 0.25) is 5.91 Å². The molecule has 1 spiro atoms. The molecule has 5 rings (SSSR count). The summed E-state index contributed by atoms with van der Waals surface area (Å²) in [4.78, 5) is 45.3. The Kier molecular flexibility index (Phi) is 7.18. The number of likely N-dealkylation sites (tertiary alicyclic amines) is 1. The zero-order valence-electron chi connectivity index (χ0n) is 22.0. The van der Waals surface area contributed by atoms with Crippen LogP contribution in [-0.4, -0.2) is 65.4 Å². The lowest BCUT2D eigenvalue weighted by molar-refractivity contribution is -0.137. The van der Waals surface area contributed by atoms with Crippen LogP contribution in [-0.2, 0) is 9.59 Å². The normalized spacial score (nSPS) is 16.8. The molecule has 2 aliphatic heterocycles. The average molecular weight is 511 g/mol. The van der Waals surface area contributed by atoms with Crippen molar-refractivity contribution in [2.24, 2.45) is 0 Å². The minimum atomic E-state index is -0.770. The van der Waals surface area contributed by atoms with Gasteiger partial charge in [-0.3, -0.25) is 14.4 Å². The maximum Gasteiger partial charge on any atom is 0.253 e. The summed E-state index contributed by atoms with van der Waals surface area (Å²) < 4.78 is 0. The molecule has 7 heteroatoms. The van der Waals surface area contributed by atoms with Crippen LogP contribution in [0, 0.1) is 0 Å². The Morgan fingerprint density at radius 2 is 1.42 bits per heavy atom. The zero-order valence-corrected chi connectivity index (χ0v) is 22.0. The molecule has 2 saturated heterocycles. The topological polar surface area (TPSA) is 73.0 Å². The van der Waals surface area contributed by atoms with Gasteiger partial charge in [0.25, 0.3) is 11.8 Å². The highest BCUT2D eigenvalue weighted by Gasteiger charge is 2.54. The highest BCUT2D eigenvalue weighted by atomic mass is 16.2. The molecule has 3 amide bonds. The van der Waals surface area contributed by atoms with Crippen LogP contribution in [0.25, 0.3) is 11.1 Å². The molecule has 3 aromatic rings. The number of hydrogen-bond donors (Lipinski definition) is 1. The number of carbonyl (C=O) groups is 3. The third-order valence-electron chi connectivity index (χ3n) is 7.48. The molecule has 0 aliphatic carbocycles. The highest BCUT2D eigenvalue weighted by molar-refractivity contribution is 5.98. The number of nitrogens with zero attached hydrogens (tertiary/aromatic N) is 3. The molecule has 1 N–H and O–H groups in total. The van der Waals surface area contributed by atoms with E-state index >= 15 is 0 Å². The lowest BCUT2D eigenvalue weighted by atomic mass is 9.85. The highest BCUT2D eigenvalue weighted by Crippen LogP contribution is 2.39. The molecule has 2 heterocycles. The summed E-state index contributed by atoms with van der Waals surface area (Å²) >= 11 is 0. The predicted molar refractivity (Wildman–Crippen MR) is 149 cm³/mol. The van der Waals surface area contributed by atoms with Crippen molar-refractivity contribution in [2.45, 2.75) is 38.3 Å². The van der Waals surface area contributed by atoms with Gasteiger partial charge in [0, 0.05) is 30.4 Å². The van der Waals surface area contributed by atoms with Gasteiger partial charge in [0.15, 0.2) is 0 Å². The van der Waals surface area contributed by atoms with Crippen LogP contribution in [0.15, 0.2) is 84.9 Å². The second-order valence-corrected chi connectivity index (χ2v) is 10.4. The number of para-hydroxylation sites is 1. The minimum absolute atomic E-state index is 0.00963. The maximum atomic E-state index is 13.8. The second-order valence-electron chi connectivity index (χ2n) is 10.4. The van der Waals surface area contributed by atoms with Crippen molar-refractivity contribution in [3.8, 4) is 11.1 Å². The van der Waals surface area contributed by atoms with Crippen LogP contribution in [0.3, 0.4) is 0 Å². The van der Waals surface area contributed by atoms with E-state index in [0.29, 0.717) is 38.2 Å². The number of anilines is 1. The fourth-order valence-electron chi connectivity index (χ4n) is 5.56. The SMILES string of the molecule is CC(C)NC(=O)CN1CN(c2ccccc2)C2(CCN(C(=O)c3ccc(-c4ccccc4)cc3)CC2)C1=O. The van der Waals surface area contributed by atoms with E-state index in [-0.39, 0.29) is 30.3 Å². The summed E-state index contributed by atoms with van der Waals surface area (Å²) in [5.74, 6) is -0.228. The number of piperidine rings is 1. The van der Waals surface area contributed by atoms with Gasteiger partial charge in [-0.1, -0.05) is 60.7 Å². The lowest BCUT2D eigenvalue weighted by Gasteiger charge is -2.43. The summed E-state index contributed by atoms with van der Waals surface area (Å²) in [6, 6.07) is 27.7. The monoisotopic (exact) mass is 510 g/mol. The standard InChI is InChI=1S/C31H34N4O3/c1-23(2)32-28(36)21-34-22-35(27-11-7-4-8-12-27)31(30(34)38)17-19-33(20-18-31)29(37)26-15-13-25(14-16-26)24-9-5-3-6-10-24/h3-16,23H,17-22H2,1-2H3,(H,32,36). The molecule has 2 aliphatic rings. The first-order valence-corrected chi connectivity index (χ1v) is 13.2. The molecule has 0 bridgehead atoms. The van der Waals surface area contributed by atoms with Gasteiger partial charge in [-0.2, -0.15) is 0 Å². The Labute approximate surface area is 224 Å². The Morgan fingerprint density at radius 1 is 0.842 bits per heavy atom. The van der Waals surface area contributed by atoms with Crippen molar-refractivity contribution < 1.29 is 14.4 Å². The second kappa shape index (κ2) is 10.7. The fraction of sp³-hybridized carbons (Fsp3) is 0.323. The van der Waals surface area contributed by atoms with Crippen LogP contribution in [0.4, 0.5) is 5.69 Å². The Balaban J connectivity index is 1.32. The fourth-order valence-corrected chi connectivity index (χ4v) is 5.56. The van der Waals surface area contributed by atoms with Crippen molar-refractivity contribution in [2.75, 3.05) is 31.2 Å². The Hall–Kier alpha value is -4.13. The first kappa shape index (κ1) is 25.5. The molecule has 0 unspecified atom stereocenters. The van der Waals surface area contributed by atoms with E-state index in [9.17, 15) is 14.4 Å². The molecule has 3 aromatic carbocycles. The first-order valence-electron chi connectivity index (χ1n) is 13.2. The summed E-state index contributed by atoms with van der Waals surface area (Å²) in [6.45, 7) is 5.13. The van der Waals surface area contributed by atoms with Gasteiger partial charge in [-0.05, 0) is 62.1 Å². The number of benzene rings is 3. The minimum Gasteiger partial charge on any atom is -0.352 e. The van der Waals surface area contributed by atoms with E-state index in [1.54, 1.807) is 4.90 Å². The lowest BCUT2D eigenvalue weighted by Crippen LogP contribution is -2.57. The van der Waals surface area contributed by atoms with Crippen molar-refractivity contribution in [3.05, 3.63) is 90.5 Å². The number of rotatable bonds is 6. The van der Waals surface area contributed by atoms with Gasteiger partial charge in [-0.15, -0.1) is 0 Å². The maximum absolute atomic E-state index is 13.8. The van der Waals surface area contributed by atoms with Gasteiger partial charge in [-0.25, -0.2) is 0 Å². The molecule has 0 aromatic heterocycles. The molecule has 0 saturated carbocycles. The molecule has 2 fully saturated rings. The third-order valence-corrected chi connectivity index (χ3v) is 7.48. The zero-order chi connectivity index (χ0) is 26.7. The van der Waals surface area contributed by atoms with Crippen molar-refractivity contribution in [1.82, 2.24) is 15.1 Å². The van der Waals surface area contributed by atoms with E-state index < -0.39 is 5.54 Å². The summed E-state index contributed by atoms with van der Waals surface area (Å²) in [6.07, 6.45) is 1.02.